The monoisotopic (exact) mass is 310 g/mol. The lowest BCUT2D eigenvalue weighted by Crippen LogP contribution is -1.97. The molecule has 0 heterocycles. The zero-order valence-electron chi connectivity index (χ0n) is 12.7. The summed E-state index contributed by atoms with van der Waals surface area (Å²) in [5.74, 6) is 0.976. The molecule has 0 amide bonds. The number of hydrogen-bond acceptors (Lipinski definition) is 6. The third-order valence-electron chi connectivity index (χ3n) is 3.27. The van der Waals surface area contributed by atoms with Crippen molar-refractivity contribution in [2.24, 2.45) is 9.98 Å². The van der Waals surface area contributed by atoms with Crippen LogP contribution in [-0.4, -0.2) is 26.4 Å². The molecular weight excluding hydrogens is 296 g/mol. The second-order valence-corrected chi connectivity index (χ2v) is 4.52. The van der Waals surface area contributed by atoms with Crippen molar-refractivity contribution in [2.45, 2.75) is 6.42 Å². The SMILES string of the molecule is COc1c(Cc2cccc(N=C=O)c2OC)cccc1N=C=O. The van der Waals surface area contributed by atoms with Crippen LogP contribution < -0.4 is 9.47 Å². The van der Waals surface area contributed by atoms with Crippen LogP contribution in [-0.2, 0) is 16.0 Å². The molecule has 0 saturated heterocycles. The van der Waals surface area contributed by atoms with Gasteiger partial charge in [0.05, 0.1) is 14.2 Å². The maximum atomic E-state index is 10.5. The van der Waals surface area contributed by atoms with E-state index < -0.39 is 0 Å². The number of isocyanates is 2. The summed E-state index contributed by atoms with van der Waals surface area (Å²) in [5, 5.41) is 0. The number of nitrogens with zero attached hydrogens (tertiary/aromatic N) is 2. The summed E-state index contributed by atoms with van der Waals surface area (Å²) in [7, 11) is 3.01. The van der Waals surface area contributed by atoms with Crippen molar-refractivity contribution in [3.05, 3.63) is 47.5 Å². The van der Waals surface area contributed by atoms with Crippen LogP contribution in [0, 0.1) is 0 Å². The van der Waals surface area contributed by atoms with Gasteiger partial charge in [0, 0.05) is 17.5 Å². The van der Waals surface area contributed by atoms with E-state index >= 15 is 0 Å². The zero-order valence-corrected chi connectivity index (χ0v) is 12.7. The topological polar surface area (TPSA) is 77.3 Å². The Balaban J connectivity index is 2.51. The predicted octanol–water partition coefficient (Wildman–Crippen LogP) is 3.23. The number of aliphatic imine (C=N–C) groups is 2. The molecule has 6 nitrogen and oxygen atoms in total. The first-order valence-electron chi connectivity index (χ1n) is 6.72. The zero-order chi connectivity index (χ0) is 16.7. The smallest absolute Gasteiger partial charge is 0.240 e. The van der Waals surface area contributed by atoms with Crippen molar-refractivity contribution >= 4 is 23.5 Å². The van der Waals surface area contributed by atoms with E-state index in [1.165, 1.54) is 26.4 Å². The van der Waals surface area contributed by atoms with Crippen molar-refractivity contribution in [2.75, 3.05) is 14.2 Å². The Morgan fingerprint density at radius 3 is 1.61 bits per heavy atom. The molecule has 23 heavy (non-hydrogen) atoms. The molecule has 0 saturated carbocycles. The molecule has 116 valence electrons. The van der Waals surface area contributed by atoms with Crippen LogP contribution >= 0.6 is 0 Å². The number of carbonyl (C=O) groups excluding carboxylic acids is 2. The minimum atomic E-state index is 0.404. The average molecular weight is 310 g/mol. The van der Waals surface area contributed by atoms with Gasteiger partial charge < -0.3 is 9.47 Å². The van der Waals surface area contributed by atoms with E-state index in [1.54, 1.807) is 24.3 Å². The fourth-order valence-electron chi connectivity index (χ4n) is 2.37. The first-order chi connectivity index (χ1) is 11.2. The molecule has 0 bridgehead atoms. The first-order valence-corrected chi connectivity index (χ1v) is 6.72. The van der Waals surface area contributed by atoms with Gasteiger partial charge in [-0.05, 0) is 12.1 Å². The fraction of sp³-hybridized carbons (Fsp3) is 0.176. The van der Waals surface area contributed by atoms with Crippen LogP contribution in [0.25, 0.3) is 0 Å². The highest BCUT2D eigenvalue weighted by Gasteiger charge is 2.14. The molecule has 2 rings (SSSR count). The van der Waals surface area contributed by atoms with Crippen molar-refractivity contribution in [3.8, 4) is 11.5 Å². The van der Waals surface area contributed by atoms with Crippen molar-refractivity contribution in [1.82, 2.24) is 0 Å². The number of rotatable bonds is 6. The number of benzene rings is 2. The summed E-state index contributed by atoms with van der Waals surface area (Å²) in [4.78, 5) is 28.3. The Hall–Kier alpha value is -3.20. The third-order valence-corrected chi connectivity index (χ3v) is 3.27. The lowest BCUT2D eigenvalue weighted by molar-refractivity contribution is 0.406. The molecular formula is C17H14N2O4. The normalized spacial score (nSPS) is 9.48. The van der Waals surface area contributed by atoms with Gasteiger partial charge in [0.1, 0.15) is 22.9 Å². The van der Waals surface area contributed by atoms with Crippen molar-refractivity contribution in [1.29, 1.82) is 0 Å². The first kappa shape index (κ1) is 16.2. The Kier molecular flexibility index (Phi) is 5.42. The number of methoxy groups -OCH3 is 2. The molecule has 0 aliphatic carbocycles. The second kappa shape index (κ2) is 7.71. The highest BCUT2D eigenvalue weighted by atomic mass is 16.5. The van der Waals surface area contributed by atoms with E-state index in [1.807, 2.05) is 12.1 Å². The van der Waals surface area contributed by atoms with Gasteiger partial charge in [-0.1, -0.05) is 24.3 Å². The summed E-state index contributed by atoms with van der Waals surface area (Å²) < 4.78 is 10.7. The molecule has 2 aromatic rings. The molecule has 0 N–H and O–H groups in total. The largest absolute Gasteiger partial charge is 0.494 e. The van der Waals surface area contributed by atoms with Crippen LogP contribution in [0.4, 0.5) is 11.4 Å². The van der Waals surface area contributed by atoms with Gasteiger partial charge in [0.2, 0.25) is 12.2 Å². The van der Waals surface area contributed by atoms with Crippen LogP contribution in [0.1, 0.15) is 11.1 Å². The summed E-state index contributed by atoms with van der Waals surface area (Å²) in [6.07, 6.45) is 3.48. The Labute approximate surface area is 133 Å². The highest BCUT2D eigenvalue weighted by molar-refractivity contribution is 5.64. The molecule has 6 heteroatoms. The molecule has 0 fully saturated rings. The van der Waals surface area contributed by atoms with Crippen LogP contribution in [0.15, 0.2) is 46.4 Å². The Bertz CT molecular complexity index is 737. The maximum absolute atomic E-state index is 10.5. The van der Waals surface area contributed by atoms with E-state index in [2.05, 4.69) is 9.98 Å². The van der Waals surface area contributed by atoms with E-state index in [0.717, 1.165) is 11.1 Å². The molecule has 0 aromatic heterocycles. The van der Waals surface area contributed by atoms with Gasteiger partial charge in [-0.2, -0.15) is 9.98 Å². The standard InChI is InChI=1S/C17H14N2O4/c1-22-16-12(5-3-7-14(16)18-10-20)9-13-6-4-8-15(19-11-21)17(13)23-2/h3-8H,9H2,1-2H3. The average Bonchev–Trinajstić information content (AvgIpc) is 2.56. The molecule has 0 aliphatic rings. The quantitative estimate of drug-likeness (QED) is 0.606. The van der Waals surface area contributed by atoms with Gasteiger partial charge in [0.15, 0.2) is 0 Å². The van der Waals surface area contributed by atoms with Crippen molar-refractivity contribution < 1.29 is 19.1 Å². The number of hydrogen-bond donors (Lipinski definition) is 0. The van der Waals surface area contributed by atoms with Crippen LogP contribution in [0.3, 0.4) is 0 Å². The fourth-order valence-corrected chi connectivity index (χ4v) is 2.37. The van der Waals surface area contributed by atoms with Gasteiger partial charge in [-0.15, -0.1) is 0 Å². The van der Waals surface area contributed by atoms with Gasteiger partial charge in [0.25, 0.3) is 0 Å². The van der Waals surface area contributed by atoms with E-state index in [4.69, 9.17) is 9.47 Å². The minimum Gasteiger partial charge on any atom is -0.494 e. The van der Waals surface area contributed by atoms with E-state index in [9.17, 15) is 9.59 Å². The highest BCUT2D eigenvalue weighted by Crippen LogP contribution is 2.36. The predicted molar refractivity (Wildman–Crippen MR) is 84.4 cm³/mol. The lowest BCUT2D eigenvalue weighted by Gasteiger charge is -2.13. The Morgan fingerprint density at radius 2 is 1.26 bits per heavy atom. The van der Waals surface area contributed by atoms with Gasteiger partial charge in [-0.25, -0.2) is 9.59 Å². The van der Waals surface area contributed by atoms with Crippen molar-refractivity contribution in [3.63, 3.8) is 0 Å². The van der Waals surface area contributed by atoms with Crippen LogP contribution in [0.5, 0.6) is 11.5 Å². The van der Waals surface area contributed by atoms with E-state index in [-0.39, 0.29) is 0 Å². The summed E-state index contributed by atoms with van der Waals surface area (Å²) in [6, 6.07) is 10.6. The molecule has 0 atom stereocenters. The molecule has 0 aliphatic heterocycles. The second-order valence-electron chi connectivity index (χ2n) is 4.52. The van der Waals surface area contributed by atoms with Crippen LogP contribution in [0.2, 0.25) is 0 Å². The minimum absolute atomic E-state index is 0.404. The summed E-state index contributed by atoms with van der Waals surface area (Å²) >= 11 is 0. The number of ether oxygens (including phenoxy) is 2. The third kappa shape index (κ3) is 3.52. The molecule has 2 aromatic carbocycles. The maximum Gasteiger partial charge on any atom is 0.240 e. The van der Waals surface area contributed by atoms with E-state index in [0.29, 0.717) is 29.3 Å². The number of para-hydroxylation sites is 2. The van der Waals surface area contributed by atoms with Gasteiger partial charge in [-0.3, -0.25) is 0 Å². The van der Waals surface area contributed by atoms with Gasteiger partial charge >= 0.3 is 0 Å². The molecule has 0 radical (unpaired) electrons. The summed E-state index contributed by atoms with van der Waals surface area (Å²) in [5.41, 5.74) is 2.44. The summed E-state index contributed by atoms with van der Waals surface area (Å²) in [6.45, 7) is 0. The molecule has 0 unspecified atom stereocenters. The lowest BCUT2D eigenvalue weighted by atomic mass is 10.0. The Morgan fingerprint density at radius 1 is 0.826 bits per heavy atom. The molecule has 0 spiro atoms.